The Morgan fingerprint density at radius 1 is 1.64 bits per heavy atom. The van der Waals surface area contributed by atoms with Crippen LogP contribution in [-0.4, -0.2) is 32.3 Å². The van der Waals surface area contributed by atoms with E-state index < -0.39 is 0 Å². The van der Waals surface area contributed by atoms with Gasteiger partial charge in [-0.25, -0.2) is 0 Å². The van der Waals surface area contributed by atoms with E-state index >= 15 is 0 Å². The molecule has 1 aromatic heterocycles. The third kappa shape index (κ3) is 1.66. The number of aryl methyl sites for hydroxylation is 1. The minimum Gasteiger partial charge on any atom is -0.293 e. The minimum absolute atomic E-state index is 0.0711. The predicted octanol–water partition coefficient (Wildman–Crippen LogP) is 0.705. The lowest BCUT2D eigenvalue weighted by Crippen LogP contribution is -2.42. The largest absolute Gasteiger partial charge is 0.293 e. The summed E-state index contributed by atoms with van der Waals surface area (Å²) in [5.74, 6) is 0.721. The quantitative estimate of drug-likeness (QED) is 0.698. The fourth-order valence-electron chi connectivity index (χ4n) is 1.52. The molecule has 0 spiro atoms. The highest BCUT2D eigenvalue weighted by Gasteiger charge is 2.28. The van der Waals surface area contributed by atoms with Crippen LogP contribution in [0.3, 0.4) is 0 Å². The maximum absolute atomic E-state index is 11.7. The highest BCUT2D eigenvalue weighted by Crippen LogP contribution is 2.22. The Labute approximate surface area is 90.2 Å². The summed E-state index contributed by atoms with van der Waals surface area (Å²) < 4.78 is 1.60. The smallest absolute Gasteiger partial charge is 0.242 e. The molecule has 1 fully saturated rings. The number of halogens is 1. The molecule has 6 heteroatoms. The summed E-state index contributed by atoms with van der Waals surface area (Å²) in [5.41, 5.74) is 0. The summed E-state index contributed by atoms with van der Waals surface area (Å²) in [6, 6.07) is 0. The summed E-state index contributed by atoms with van der Waals surface area (Å²) in [6.45, 7) is 0.736. The molecule has 0 N–H and O–H groups in total. The first-order valence-corrected chi connectivity index (χ1v) is 5.42. The van der Waals surface area contributed by atoms with Gasteiger partial charge in [0.15, 0.2) is 5.82 Å². The van der Waals surface area contributed by atoms with Crippen LogP contribution < -0.4 is 4.90 Å². The zero-order valence-electron chi connectivity index (χ0n) is 7.85. The van der Waals surface area contributed by atoms with Crippen LogP contribution in [-0.2, 0) is 11.8 Å². The molecule has 1 amide bonds. The van der Waals surface area contributed by atoms with Crippen molar-refractivity contribution in [3.05, 3.63) is 6.20 Å². The Morgan fingerprint density at radius 3 is 3.07 bits per heavy atom. The second kappa shape index (κ2) is 3.68. The molecule has 0 aliphatic carbocycles. The monoisotopic (exact) mass is 258 g/mol. The molecule has 1 saturated heterocycles. The SMILES string of the molecule is Cn1cc(N2CCC[C@@H](Br)C2=O)nn1. The number of carbonyl (C=O) groups is 1. The summed E-state index contributed by atoms with van der Waals surface area (Å²) >= 11 is 3.35. The number of rotatable bonds is 1. The molecule has 1 atom stereocenters. The second-order valence-corrected chi connectivity index (χ2v) is 4.46. The first kappa shape index (κ1) is 9.64. The van der Waals surface area contributed by atoms with Crippen LogP contribution in [0.25, 0.3) is 0 Å². The fourth-order valence-corrected chi connectivity index (χ4v) is 2.09. The molecule has 0 bridgehead atoms. The Hall–Kier alpha value is -0.910. The maximum atomic E-state index is 11.7. The number of hydrogen-bond acceptors (Lipinski definition) is 3. The van der Waals surface area contributed by atoms with Crippen molar-refractivity contribution in [1.82, 2.24) is 15.0 Å². The van der Waals surface area contributed by atoms with Gasteiger partial charge in [-0.15, -0.1) is 5.10 Å². The van der Waals surface area contributed by atoms with Gasteiger partial charge in [0.05, 0.1) is 11.0 Å². The van der Waals surface area contributed by atoms with Crippen molar-refractivity contribution < 1.29 is 4.79 Å². The molecule has 0 unspecified atom stereocenters. The fraction of sp³-hybridized carbons (Fsp3) is 0.625. The van der Waals surface area contributed by atoms with Gasteiger partial charge in [0, 0.05) is 13.6 Å². The van der Waals surface area contributed by atoms with Crippen molar-refractivity contribution in [1.29, 1.82) is 0 Å². The van der Waals surface area contributed by atoms with Crippen molar-refractivity contribution in [3.63, 3.8) is 0 Å². The lowest BCUT2D eigenvalue weighted by molar-refractivity contribution is -0.118. The van der Waals surface area contributed by atoms with Gasteiger partial charge in [-0.05, 0) is 12.8 Å². The average molecular weight is 259 g/mol. The Kier molecular flexibility index (Phi) is 2.54. The van der Waals surface area contributed by atoms with E-state index in [2.05, 4.69) is 26.2 Å². The van der Waals surface area contributed by atoms with Crippen LogP contribution in [0.4, 0.5) is 5.82 Å². The van der Waals surface area contributed by atoms with E-state index in [1.807, 2.05) is 0 Å². The number of nitrogens with zero attached hydrogens (tertiary/aromatic N) is 4. The lowest BCUT2D eigenvalue weighted by atomic mass is 10.1. The standard InChI is InChI=1S/C8H11BrN4O/c1-12-5-7(10-11-12)13-4-2-3-6(9)8(13)14/h5-6H,2-4H2,1H3/t6-/m1/s1. The number of aromatic nitrogens is 3. The number of piperidine rings is 1. The Bertz CT molecular complexity index is 351. The van der Waals surface area contributed by atoms with E-state index in [-0.39, 0.29) is 10.7 Å². The lowest BCUT2D eigenvalue weighted by Gasteiger charge is -2.27. The molecule has 14 heavy (non-hydrogen) atoms. The average Bonchev–Trinajstić information content (AvgIpc) is 2.57. The second-order valence-electron chi connectivity index (χ2n) is 3.35. The molecular formula is C8H11BrN4O. The molecule has 76 valence electrons. The highest BCUT2D eigenvalue weighted by atomic mass is 79.9. The molecule has 1 aliphatic heterocycles. The van der Waals surface area contributed by atoms with Crippen LogP contribution in [0.1, 0.15) is 12.8 Å². The van der Waals surface area contributed by atoms with Crippen LogP contribution in [0.2, 0.25) is 0 Å². The van der Waals surface area contributed by atoms with Crippen molar-refractivity contribution in [2.45, 2.75) is 17.7 Å². The molecule has 0 saturated carbocycles. The minimum atomic E-state index is -0.0711. The Morgan fingerprint density at radius 2 is 2.43 bits per heavy atom. The van der Waals surface area contributed by atoms with E-state index in [4.69, 9.17) is 0 Å². The van der Waals surface area contributed by atoms with E-state index in [9.17, 15) is 4.79 Å². The van der Waals surface area contributed by atoms with Crippen molar-refractivity contribution in [2.75, 3.05) is 11.4 Å². The molecular weight excluding hydrogens is 248 g/mol. The summed E-state index contributed by atoms with van der Waals surface area (Å²) in [7, 11) is 1.79. The Balaban J connectivity index is 2.21. The van der Waals surface area contributed by atoms with Crippen molar-refractivity contribution in [2.24, 2.45) is 7.05 Å². The molecule has 1 aliphatic rings. The van der Waals surface area contributed by atoms with E-state index in [1.54, 1.807) is 22.8 Å². The van der Waals surface area contributed by atoms with Crippen LogP contribution >= 0.6 is 15.9 Å². The van der Waals surface area contributed by atoms with E-state index in [0.717, 1.165) is 19.4 Å². The van der Waals surface area contributed by atoms with Gasteiger partial charge in [0.2, 0.25) is 5.91 Å². The maximum Gasteiger partial charge on any atom is 0.242 e. The molecule has 2 rings (SSSR count). The van der Waals surface area contributed by atoms with Gasteiger partial charge < -0.3 is 0 Å². The van der Waals surface area contributed by atoms with Crippen LogP contribution in [0.15, 0.2) is 6.20 Å². The topological polar surface area (TPSA) is 51.0 Å². The first-order chi connectivity index (χ1) is 6.68. The van der Waals surface area contributed by atoms with E-state index in [1.165, 1.54) is 0 Å². The van der Waals surface area contributed by atoms with Gasteiger partial charge in [0.1, 0.15) is 0 Å². The van der Waals surface area contributed by atoms with Gasteiger partial charge >= 0.3 is 0 Å². The number of anilines is 1. The molecule has 2 heterocycles. The molecule has 1 aromatic rings. The third-order valence-corrected chi connectivity index (χ3v) is 3.09. The third-order valence-electron chi connectivity index (χ3n) is 2.24. The number of hydrogen-bond donors (Lipinski definition) is 0. The van der Waals surface area contributed by atoms with Crippen LogP contribution in [0.5, 0.6) is 0 Å². The van der Waals surface area contributed by atoms with Crippen LogP contribution in [0, 0.1) is 0 Å². The van der Waals surface area contributed by atoms with Gasteiger partial charge in [-0.1, -0.05) is 21.1 Å². The number of amides is 1. The summed E-state index contributed by atoms with van der Waals surface area (Å²) in [4.78, 5) is 13.3. The molecule has 0 radical (unpaired) electrons. The van der Waals surface area contributed by atoms with E-state index in [0.29, 0.717) is 5.82 Å². The molecule has 0 aromatic carbocycles. The molecule has 5 nitrogen and oxygen atoms in total. The first-order valence-electron chi connectivity index (χ1n) is 4.50. The van der Waals surface area contributed by atoms with Crippen molar-refractivity contribution in [3.8, 4) is 0 Å². The van der Waals surface area contributed by atoms with Gasteiger partial charge in [-0.3, -0.25) is 14.4 Å². The zero-order chi connectivity index (χ0) is 10.1. The summed E-state index contributed by atoms with van der Waals surface area (Å²) in [6.07, 6.45) is 3.65. The number of carbonyl (C=O) groups excluding carboxylic acids is 1. The predicted molar refractivity (Wildman–Crippen MR) is 55.3 cm³/mol. The highest BCUT2D eigenvalue weighted by molar-refractivity contribution is 9.10. The van der Waals surface area contributed by atoms with Gasteiger partial charge in [-0.2, -0.15) is 0 Å². The number of alkyl halides is 1. The normalized spacial score (nSPS) is 22.9. The zero-order valence-corrected chi connectivity index (χ0v) is 9.44. The van der Waals surface area contributed by atoms with Gasteiger partial charge in [0.25, 0.3) is 0 Å². The van der Waals surface area contributed by atoms with Crippen molar-refractivity contribution >= 4 is 27.7 Å². The summed E-state index contributed by atoms with van der Waals surface area (Å²) in [5, 5.41) is 7.73.